The van der Waals surface area contributed by atoms with Crippen molar-refractivity contribution in [3.63, 3.8) is 0 Å². The maximum atomic E-state index is 12.0. The lowest BCUT2D eigenvalue weighted by molar-refractivity contribution is -0.114. The van der Waals surface area contributed by atoms with Crippen LogP contribution in [0.4, 0.5) is 17.1 Å². The third-order valence-corrected chi connectivity index (χ3v) is 3.01. The standard InChI is InChI=1S/C16H16N4O/c1-20(15-8-2-12(10-17)3-9-15)11-16(21)19-14-6-4-13(18)5-7-14/h2-9H,11,18H2,1H3,(H,19,21). The van der Waals surface area contributed by atoms with Crippen LogP contribution in [0.15, 0.2) is 48.5 Å². The molecule has 5 heteroatoms. The van der Waals surface area contributed by atoms with Gasteiger partial charge in [-0.15, -0.1) is 0 Å². The second-order valence-electron chi connectivity index (χ2n) is 4.68. The van der Waals surface area contributed by atoms with Crippen molar-refractivity contribution in [1.29, 1.82) is 5.26 Å². The number of hydrogen-bond donors (Lipinski definition) is 2. The molecule has 0 aliphatic rings. The molecule has 5 nitrogen and oxygen atoms in total. The summed E-state index contributed by atoms with van der Waals surface area (Å²) < 4.78 is 0. The Labute approximate surface area is 123 Å². The molecule has 0 spiro atoms. The number of nitriles is 1. The highest BCUT2D eigenvalue weighted by molar-refractivity contribution is 5.94. The monoisotopic (exact) mass is 280 g/mol. The molecule has 0 radical (unpaired) electrons. The fraction of sp³-hybridized carbons (Fsp3) is 0.125. The third kappa shape index (κ3) is 3.98. The average Bonchev–Trinajstić information content (AvgIpc) is 2.49. The first-order valence-corrected chi connectivity index (χ1v) is 6.45. The van der Waals surface area contributed by atoms with Gasteiger partial charge in [-0.1, -0.05) is 0 Å². The number of nitrogens with zero attached hydrogens (tertiary/aromatic N) is 2. The molecule has 0 unspecified atom stereocenters. The van der Waals surface area contributed by atoms with Gasteiger partial charge in [0.15, 0.2) is 0 Å². The van der Waals surface area contributed by atoms with E-state index >= 15 is 0 Å². The summed E-state index contributed by atoms with van der Waals surface area (Å²) in [6.45, 7) is 0.219. The van der Waals surface area contributed by atoms with Gasteiger partial charge in [0.05, 0.1) is 18.2 Å². The van der Waals surface area contributed by atoms with E-state index in [4.69, 9.17) is 11.0 Å². The van der Waals surface area contributed by atoms with Crippen molar-refractivity contribution in [3.8, 4) is 6.07 Å². The van der Waals surface area contributed by atoms with E-state index < -0.39 is 0 Å². The normalized spacial score (nSPS) is 9.71. The number of carbonyl (C=O) groups excluding carboxylic acids is 1. The highest BCUT2D eigenvalue weighted by Crippen LogP contribution is 2.14. The van der Waals surface area contributed by atoms with Crippen LogP contribution in [0, 0.1) is 11.3 Å². The van der Waals surface area contributed by atoms with Crippen LogP contribution in [0.3, 0.4) is 0 Å². The SMILES string of the molecule is CN(CC(=O)Nc1ccc(N)cc1)c1ccc(C#N)cc1. The number of anilines is 3. The molecule has 0 fully saturated rings. The van der Waals surface area contributed by atoms with E-state index in [-0.39, 0.29) is 12.5 Å². The maximum Gasteiger partial charge on any atom is 0.243 e. The number of nitrogens with two attached hydrogens (primary N) is 1. The summed E-state index contributed by atoms with van der Waals surface area (Å²) in [6, 6.07) is 16.1. The molecule has 2 aromatic rings. The van der Waals surface area contributed by atoms with E-state index in [2.05, 4.69) is 11.4 Å². The minimum absolute atomic E-state index is 0.119. The minimum Gasteiger partial charge on any atom is -0.399 e. The van der Waals surface area contributed by atoms with Gasteiger partial charge in [0.25, 0.3) is 0 Å². The molecule has 21 heavy (non-hydrogen) atoms. The smallest absolute Gasteiger partial charge is 0.243 e. The Balaban J connectivity index is 1.95. The van der Waals surface area contributed by atoms with E-state index in [1.54, 1.807) is 36.4 Å². The van der Waals surface area contributed by atoms with Gasteiger partial charge in [0.2, 0.25) is 5.91 Å². The van der Waals surface area contributed by atoms with Gasteiger partial charge >= 0.3 is 0 Å². The highest BCUT2D eigenvalue weighted by atomic mass is 16.2. The van der Waals surface area contributed by atoms with E-state index in [0.29, 0.717) is 16.9 Å². The summed E-state index contributed by atoms with van der Waals surface area (Å²) in [7, 11) is 1.82. The zero-order valence-electron chi connectivity index (χ0n) is 11.7. The van der Waals surface area contributed by atoms with Gasteiger partial charge in [-0.2, -0.15) is 5.26 Å². The van der Waals surface area contributed by atoms with Crippen molar-refractivity contribution < 1.29 is 4.79 Å². The summed E-state index contributed by atoms with van der Waals surface area (Å²) in [5.74, 6) is -0.119. The number of amides is 1. The van der Waals surface area contributed by atoms with Gasteiger partial charge < -0.3 is 16.0 Å². The fourth-order valence-corrected chi connectivity index (χ4v) is 1.86. The first-order valence-electron chi connectivity index (χ1n) is 6.45. The number of carbonyl (C=O) groups is 1. The molecule has 0 saturated heterocycles. The number of nitrogens with one attached hydrogen (secondary N) is 1. The number of benzene rings is 2. The molecule has 0 aliphatic heterocycles. The minimum atomic E-state index is -0.119. The predicted molar refractivity (Wildman–Crippen MR) is 83.9 cm³/mol. The van der Waals surface area contributed by atoms with E-state index in [0.717, 1.165) is 5.69 Å². The van der Waals surface area contributed by atoms with Gasteiger partial charge in [-0.25, -0.2) is 0 Å². The van der Waals surface area contributed by atoms with Crippen molar-refractivity contribution in [1.82, 2.24) is 0 Å². The molecular weight excluding hydrogens is 264 g/mol. The molecule has 0 aromatic heterocycles. The zero-order valence-corrected chi connectivity index (χ0v) is 11.7. The van der Waals surface area contributed by atoms with Crippen molar-refractivity contribution in [3.05, 3.63) is 54.1 Å². The molecule has 3 N–H and O–H groups in total. The Morgan fingerprint density at radius 2 is 1.81 bits per heavy atom. The molecule has 0 bridgehead atoms. The molecular formula is C16H16N4O. The van der Waals surface area contributed by atoms with Crippen molar-refractivity contribution in [2.45, 2.75) is 0 Å². The average molecular weight is 280 g/mol. The summed E-state index contributed by atoms with van der Waals surface area (Å²) >= 11 is 0. The van der Waals surface area contributed by atoms with Crippen LogP contribution in [0.5, 0.6) is 0 Å². The van der Waals surface area contributed by atoms with E-state index in [9.17, 15) is 4.79 Å². The van der Waals surface area contributed by atoms with Gasteiger partial charge in [-0.05, 0) is 48.5 Å². The Kier molecular flexibility index (Phi) is 4.42. The number of likely N-dealkylation sites (N-methyl/N-ethyl adjacent to an activating group) is 1. The summed E-state index contributed by atoms with van der Waals surface area (Å²) in [4.78, 5) is 13.8. The molecule has 0 aliphatic carbocycles. The Hall–Kier alpha value is -3.00. The second kappa shape index (κ2) is 6.44. The number of hydrogen-bond acceptors (Lipinski definition) is 4. The first-order chi connectivity index (χ1) is 10.1. The quantitative estimate of drug-likeness (QED) is 0.841. The molecule has 106 valence electrons. The van der Waals surface area contributed by atoms with E-state index in [1.165, 1.54) is 0 Å². The molecule has 2 aromatic carbocycles. The molecule has 0 heterocycles. The van der Waals surface area contributed by atoms with Gasteiger partial charge in [0, 0.05) is 24.1 Å². The maximum absolute atomic E-state index is 12.0. The zero-order chi connectivity index (χ0) is 15.2. The Bertz CT molecular complexity index is 656. The second-order valence-corrected chi connectivity index (χ2v) is 4.68. The topological polar surface area (TPSA) is 82.2 Å². The Morgan fingerprint density at radius 1 is 1.19 bits per heavy atom. The largest absolute Gasteiger partial charge is 0.399 e. The lowest BCUT2D eigenvalue weighted by atomic mass is 10.2. The van der Waals surface area contributed by atoms with Crippen LogP contribution >= 0.6 is 0 Å². The van der Waals surface area contributed by atoms with Crippen LogP contribution < -0.4 is 16.0 Å². The third-order valence-electron chi connectivity index (χ3n) is 3.01. The van der Waals surface area contributed by atoms with Crippen LogP contribution in [0.1, 0.15) is 5.56 Å². The molecule has 0 atom stereocenters. The summed E-state index contributed by atoms with van der Waals surface area (Å²) in [6.07, 6.45) is 0. The first kappa shape index (κ1) is 14.4. The lowest BCUT2D eigenvalue weighted by Crippen LogP contribution is -2.30. The summed E-state index contributed by atoms with van der Waals surface area (Å²) in [5.41, 5.74) is 8.43. The molecule has 0 saturated carbocycles. The van der Waals surface area contributed by atoms with Gasteiger partial charge in [-0.3, -0.25) is 4.79 Å². The summed E-state index contributed by atoms with van der Waals surface area (Å²) in [5, 5.41) is 11.6. The predicted octanol–water partition coefficient (Wildman–Crippen LogP) is 2.22. The number of rotatable bonds is 4. The van der Waals surface area contributed by atoms with Crippen molar-refractivity contribution in [2.24, 2.45) is 0 Å². The van der Waals surface area contributed by atoms with Crippen molar-refractivity contribution in [2.75, 3.05) is 29.5 Å². The highest BCUT2D eigenvalue weighted by Gasteiger charge is 2.08. The number of nitrogen functional groups attached to an aromatic ring is 1. The van der Waals surface area contributed by atoms with Crippen LogP contribution in [0.2, 0.25) is 0 Å². The molecule has 2 rings (SSSR count). The fourth-order valence-electron chi connectivity index (χ4n) is 1.86. The molecule has 1 amide bonds. The lowest BCUT2D eigenvalue weighted by Gasteiger charge is -2.18. The van der Waals surface area contributed by atoms with Crippen LogP contribution in [0.25, 0.3) is 0 Å². The van der Waals surface area contributed by atoms with E-state index in [1.807, 2.05) is 24.1 Å². The van der Waals surface area contributed by atoms with Crippen molar-refractivity contribution >= 4 is 23.0 Å². The van der Waals surface area contributed by atoms with Crippen LogP contribution in [-0.4, -0.2) is 19.5 Å². The van der Waals surface area contributed by atoms with Gasteiger partial charge in [0.1, 0.15) is 0 Å². The Morgan fingerprint density at radius 3 is 2.38 bits per heavy atom. The van der Waals surface area contributed by atoms with Crippen LogP contribution in [-0.2, 0) is 4.79 Å².